The fraction of sp³-hybridized carbons (Fsp3) is 0.125. The Morgan fingerprint density at radius 3 is 2.17 bits per heavy atom. The van der Waals surface area contributed by atoms with Crippen molar-refractivity contribution in [2.75, 3.05) is 0 Å². The first-order valence-electron chi connectivity index (χ1n) is 3.42. The molecule has 0 fully saturated rings. The van der Waals surface area contributed by atoms with Crippen LogP contribution in [-0.4, -0.2) is 6.40 Å². The molecular formula is C8H9NO3. The number of nitrogens with zero attached hydrogens (tertiary/aromatic N) is 1. The van der Waals surface area contributed by atoms with Crippen molar-refractivity contribution in [3.8, 4) is 0 Å². The Balaban J connectivity index is 0.000000127. The molecule has 0 bridgehead atoms. The Morgan fingerprint density at radius 1 is 1.17 bits per heavy atom. The van der Waals surface area contributed by atoms with Crippen LogP contribution in [0.3, 0.4) is 0 Å². The lowest BCUT2D eigenvalue weighted by Crippen LogP contribution is -1.72. The highest BCUT2D eigenvalue weighted by molar-refractivity contribution is 5.44. The van der Waals surface area contributed by atoms with Crippen LogP contribution in [0, 0.1) is 6.92 Å². The average molecular weight is 167 g/mol. The molecule has 0 aromatic heterocycles. The van der Waals surface area contributed by atoms with Crippen LogP contribution in [0.1, 0.15) is 5.56 Å². The van der Waals surface area contributed by atoms with Gasteiger partial charge in [0, 0.05) is 0 Å². The Hall–Kier alpha value is -1.55. The molecule has 12 heavy (non-hydrogen) atoms. The van der Waals surface area contributed by atoms with Crippen LogP contribution in [-0.2, 0) is 14.9 Å². The second kappa shape index (κ2) is 5.15. The smallest absolute Gasteiger partial charge is 0.264 e. The summed E-state index contributed by atoms with van der Waals surface area (Å²) in [6.07, 6.45) is 1.04. The fourth-order valence-electron chi connectivity index (χ4n) is 0.622. The Labute approximate surface area is 70.2 Å². The number of hydrogen-bond donors (Lipinski definition) is 0. The summed E-state index contributed by atoms with van der Waals surface area (Å²) in [5.41, 5.74) is 1.32. The van der Waals surface area contributed by atoms with E-state index in [2.05, 4.69) is 39.1 Å². The van der Waals surface area contributed by atoms with E-state index in [9.17, 15) is 0 Å². The molecular weight excluding hydrogens is 158 g/mol. The molecule has 1 aliphatic heterocycles. The van der Waals surface area contributed by atoms with Crippen molar-refractivity contribution in [3.63, 3.8) is 0 Å². The van der Waals surface area contributed by atoms with Gasteiger partial charge in [0.25, 0.3) is 6.40 Å². The molecule has 0 amide bonds. The topological polar surface area (TPSA) is 40.0 Å². The summed E-state index contributed by atoms with van der Waals surface area (Å²) < 4.78 is 0. The predicted octanol–water partition coefficient (Wildman–Crippen LogP) is 1.82. The molecule has 0 aliphatic carbocycles. The van der Waals surface area contributed by atoms with Crippen molar-refractivity contribution in [1.82, 2.24) is 0 Å². The van der Waals surface area contributed by atoms with Crippen LogP contribution in [0.5, 0.6) is 0 Å². The second-order valence-corrected chi connectivity index (χ2v) is 2.10. The summed E-state index contributed by atoms with van der Waals surface area (Å²) in [5, 5.41) is 6.74. The van der Waals surface area contributed by atoms with Gasteiger partial charge in [0.2, 0.25) is 0 Å². The van der Waals surface area contributed by atoms with Gasteiger partial charge in [-0.2, -0.15) is 4.99 Å². The van der Waals surface area contributed by atoms with Gasteiger partial charge in [-0.3, -0.25) is 4.89 Å². The molecule has 4 heteroatoms. The van der Waals surface area contributed by atoms with Crippen LogP contribution in [0.4, 0.5) is 0 Å². The highest BCUT2D eigenvalue weighted by Crippen LogP contribution is 1.92. The standard InChI is InChI=1S/C7H8.CHNO3/c1-7-5-3-2-4-6-7;1-2-4-5-3-1/h2-6H,1H3;1H. The lowest BCUT2D eigenvalue weighted by molar-refractivity contribution is -0.450. The average Bonchev–Trinajstić information content (AvgIpc) is 2.62. The van der Waals surface area contributed by atoms with E-state index in [4.69, 9.17) is 0 Å². The molecule has 0 spiro atoms. The summed E-state index contributed by atoms with van der Waals surface area (Å²) in [4.78, 5) is 7.72. The lowest BCUT2D eigenvalue weighted by Gasteiger charge is -1.82. The van der Waals surface area contributed by atoms with Gasteiger partial charge in [-0.25, -0.2) is 0 Å². The van der Waals surface area contributed by atoms with Crippen molar-refractivity contribution in [2.45, 2.75) is 6.92 Å². The summed E-state index contributed by atoms with van der Waals surface area (Å²) >= 11 is 0. The zero-order valence-electron chi connectivity index (χ0n) is 6.64. The molecule has 64 valence electrons. The predicted molar refractivity (Wildman–Crippen MR) is 42.9 cm³/mol. The van der Waals surface area contributed by atoms with Crippen molar-refractivity contribution >= 4 is 6.40 Å². The van der Waals surface area contributed by atoms with Crippen LogP contribution in [0.2, 0.25) is 0 Å². The SMILES string of the molecule is C1=NOOO1.Cc1ccccc1. The van der Waals surface area contributed by atoms with Gasteiger partial charge in [-0.15, -0.1) is 0 Å². The number of rotatable bonds is 0. The van der Waals surface area contributed by atoms with E-state index in [1.54, 1.807) is 0 Å². The molecule has 0 saturated heterocycles. The minimum absolute atomic E-state index is 1.04. The minimum atomic E-state index is 1.04. The van der Waals surface area contributed by atoms with E-state index in [0.717, 1.165) is 6.40 Å². The third kappa shape index (κ3) is 3.58. The molecule has 1 aromatic carbocycles. The normalized spacial score (nSPS) is 12.4. The molecule has 4 nitrogen and oxygen atoms in total. The van der Waals surface area contributed by atoms with E-state index in [1.165, 1.54) is 5.56 Å². The van der Waals surface area contributed by atoms with Crippen LogP contribution >= 0.6 is 0 Å². The Bertz CT molecular complexity index is 229. The first-order chi connectivity index (χ1) is 5.89. The van der Waals surface area contributed by atoms with Gasteiger partial charge in [-0.05, 0) is 12.1 Å². The van der Waals surface area contributed by atoms with Gasteiger partial charge in [0.1, 0.15) is 0 Å². The maximum atomic E-state index is 3.93. The molecule has 0 unspecified atom stereocenters. The van der Waals surface area contributed by atoms with Gasteiger partial charge in [-0.1, -0.05) is 35.9 Å². The second-order valence-electron chi connectivity index (χ2n) is 2.10. The van der Waals surface area contributed by atoms with E-state index in [1.807, 2.05) is 18.2 Å². The van der Waals surface area contributed by atoms with E-state index < -0.39 is 0 Å². The lowest BCUT2D eigenvalue weighted by atomic mass is 10.2. The third-order valence-electron chi connectivity index (χ3n) is 1.14. The summed E-state index contributed by atoms with van der Waals surface area (Å²) in [6.45, 7) is 2.08. The number of benzene rings is 1. The summed E-state index contributed by atoms with van der Waals surface area (Å²) in [7, 11) is 0. The number of aryl methyl sites for hydroxylation is 1. The highest BCUT2D eigenvalue weighted by Gasteiger charge is 1.87. The van der Waals surface area contributed by atoms with Gasteiger partial charge in [0.15, 0.2) is 0 Å². The first kappa shape index (κ1) is 8.55. The summed E-state index contributed by atoms with van der Waals surface area (Å²) in [6, 6.07) is 10.3. The molecule has 0 atom stereocenters. The molecule has 0 saturated carbocycles. The minimum Gasteiger partial charge on any atom is -0.282 e. The first-order valence-corrected chi connectivity index (χ1v) is 3.42. The molecule has 0 radical (unpaired) electrons. The van der Waals surface area contributed by atoms with E-state index in [-0.39, 0.29) is 0 Å². The number of oxime groups is 1. The molecule has 1 aliphatic rings. The third-order valence-corrected chi connectivity index (χ3v) is 1.14. The number of hydrogen-bond acceptors (Lipinski definition) is 4. The highest BCUT2D eigenvalue weighted by atomic mass is 17.6. The van der Waals surface area contributed by atoms with E-state index >= 15 is 0 Å². The summed E-state index contributed by atoms with van der Waals surface area (Å²) in [5.74, 6) is 0. The van der Waals surface area contributed by atoms with Crippen molar-refractivity contribution in [3.05, 3.63) is 35.9 Å². The zero-order chi connectivity index (χ0) is 8.65. The largest absolute Gasteiger partial charge is 0.282 e. The monoisotopic (exact) mass is 167 g/mol. The maximum absolute atomic E-state index is 3.93. The Morgan fingerprint density at radius 2 is 1.92 bits per heavy atom. The zero-order valence-corrected chi connectivity index (χ0v) is 6.64. The van der Waals surface area contributed by atoms with Crippen LogP contribution < -0.4 is 0 Å². The molecule has 1 heterocycles. The maximum Gasteiger partial charge on any atom is 0.264 e. The molecule has 2 rings (SSSR count). The van der Waals surface area contributed by atoms with Gasteiger partial charge < -0.3 is 0 Å². The van der Waals surface area contributed by atoms with Gasteiger partial charge >= 0.3 is 0 Å². The Kier molecular flexibility index (Phi) is 3.67. The van der Waals surface area contributed by atoms with E-state index in [0.29, 0.717) is 0 Å². The molecule has 0 N–H and O–H groups in total. The van der Waals surface area contributed by atoms with Crippen molar-refractivity contribution < 1.29 is 14.9 Å². The van der Waals surface area contributed by atoms with Crippen LogP contribution in [0.15, 0.2) is 35.5 Å². The van der Waals surface area contributed by atoms with Gasteiger partial charge in [0.05, 0.1) is 5.04 Å². The molecule has 1 aromatic rings. The fourth-order valence-corrected chi connectivity index (χ4v) is 0.622. The van der Waals surface area contributed by atoms with Crippen LogP contribution in [0.25, 0.3) is 0 Å². The van der Waals surface area contributed by atoms with Crippen molar-refractivity contribution in [2.24, 2.45) is 5.16 Å². The van der Waals surface area contributed by atoms with Crippen molar-refractivity contribution in [1.29, 1.82) is 0 Å². The quantitative estimate of drug-likeness (QED) is 0.553.